The topological polar surface area (TPSA) is 98.4 Å². The highest BCUT2D eigenvalue weighted by Gasteiger charge is 2.30. The van der Waals surface area contributed by atoms with Gasteiger partial charge in [0.2, 0.25) is 0 Å². The minimum Gasteiger partial charge on any atom is -0.423 e. The van der Waals surface area contributed by atoms with E-state index in [0.29, 0.717) is 29.7 Å². The lowest BCUT2D eigenvalue weighted by atomic mass is 9.97. The highest BCUT2D eigenvalue weighted by atomic mass is 16.6. The Kier molecular flexibility index (Phi) is 3.50. The van der Waals surface area contributed by atoms with E-state index in [0.717, 1.165) is 19.3 Å². The second-order valence-electron chi connectivity index (χ2n) is 5.48. The first kappa shape index (κ1) is 13.8. The van der Waals surface area contributed by atoms with Crippen molar-refractivity contribution in [2.45, 2.75) is 38.3 Å². The van der Waals surface area contributed by atoms with Crippen molar-refractivity contribution in [3.8, 4) is 0 Å². The molecule has 0 aliphatic carbocycles. The van der Waals surface area contributed by atoms with Crippen LogP contribution >= 0.6 is 0 Å². The lowest BCUT2D eigenvalue weighted by molar-refractivity contribution is -0.384. The number of fused-ring (bicyclic) bond motifs is 1. The second kappa shape index (κ2) is 5.33. The van der Waals surface area contributed by atoms with Gasteiger partial charge in [-0.15, -0.1) is 0 Å². The zero-order valence-electron chi connectivity index (χ0n) is 11.9. The van der Waals surface area contributed by atoms with Crippen LogP contribution in [0.5, 0.6) is 0 Å². The van der Waals surface area contributed by atoms with Crippen LogP contribution in [0.3, 0.4) is 0 Å². The fraction of sp³-hybridized carbons (Fsp3) is 0.500. The maximum absolute atomic E-state index is 10.8. The summed E-state index contributed by atoms with van der Waals surface area (Å²) < 4.78 is 5.78. The van der Waals surface area contributed by atoms with Gasteiger partial charge in [0.1, 0.15) is 5.52 Å². The Morgan fingerprint density at radius 2 is 2.33 bits per heavy atom. The fourth-order valence-corrected chi connectivity index (χ4v) is 2.99. The molecule has 0 bridgehead atoms. The number of nitro groups is 1. The number of nitrogens with zero attached hydrogens (tertiary/aromatic N) is 3. The van der Waals surface area contributed by atoms with E-state index in [9.17, 15) is 10.1 Å². The number of nitrogens with two attached hydrogens (primary N) is 1. The van der Waals surface area contributed by atoms with E-state index in [-0.39, 0.29) is 11.7 Å². The molecule has 0 spiro atoms. The Morgan fingerprint density at radius 3 is 3.05 bits per heavy atom. The molecule has 2 unspecified atom stereocenters. The van der Waals surface area contributed by atoms with E-state index in [1.165, 1.54) is 12.1 Å². The molecule has 7 nitrogen and oxygen atoms in total. The molecule has 1 aromatic carbocycles. The highest BCUT2D eigenvalue weighted by Crippen LogP contribution is 2.31. The number of non-ortho nitro benzene ring substituents is 1. The average Bonchev–Trinajstić information content (AvgIpc) is 2.88. The third kappa shape index (κ3) is 2.44. The Bertz CT molecular complexity index is 669. The lowest BCUT2D eigenvalue weighted by Crippen LogP contribution is -2.49. The van der Waals surface area contributed by atoms with E-state index in [1.54, 1.807) is 6.07 Å². The summed E-state index contributed by atoms with van der Waals surface area (Å²) in [5, 5.41) is 10.8. The van der Waals surface area contributed by atoms with Crippen molar-refractivity contribution in [3.63, 3.8) is 0 Å². The predicted molar refractivity (Wildman–Crippen MR) is 79.3 cm³/mol. The highest BCUT2D eigenvalue weighted by molar-refractivity contribution is 5.77. The van der Waals surface area contributed by atoms with E-state index in [2.05, 4.69) is 16.8 Å². The summed E-state index contributed by atoms with van der Waals surface area (Å²) in [6.45, 7) is 2.67. The molecule has 7 heteroatoms. The van der Waals surface area contributed by atoms with Crippen LogP contribution in [0.25, 0.3) is 11.1 Å². The van der Waals surface area contributed by atoms with Gasteiger partial charge in [-0.05, 0) is 32.3 Å². The molecule has 2 aromatic rings. The third-order valence-corrected chi connectivity index (χ3v) is 4.09. The molecule has 112 valence electrons. The molecule has 1 aliphatic heterocycles. The van der Waals surface area contributed by atoms with Gasteiger partial charge in [-0.3, -0.25) is 10.1 Å². The number of hydrogen-bond donors (Lipinski definition) is 1. The Morgan fingerprint density at radius 1 is 1.52 bits per heavy atom. The van der Waals surface area contributed by atoms with E-state index < -0.39 is 4.92 Å². The molecular weight excluding hydrogens is 272 g/mol. The standard InChI is InChI=1S/C14H18N4O3/c1-9-3-2-4-11(8-15)17(9)14-16-12-7-10(18(19)20)5-6-13(12)21-14/h5-7,9,11H,2-4,8,15H2,1H3. The van der Waals surface area contributed by atoms with Crippen molar-refractivity contribution in [3.05, 3.63) is 28.3 Å². The average molecular weight is 290 g/mol. The normalized spacial score (nSPS) is 22.7. The van der Waals surface area contributed by atoms with Gasteiger partial charge in [-0.1, -0.05) is 0 Å². The van der Waals surface area contributed by atoms with Crippen LogP contribution in [0.4, 0.5) is 11.7 Å². The first-order valence-corrected chi connectivity index (χ1v) is 7.13. The summed E-state index contributed by atoms with van der Waals surface area (Å²) in [6, 6.07) is 5.47. The molecule has 2 N–H and O–H groups in total. The van der Waals surface area contributed by atoms with Crippen molar-refractivity contribution >= 4 is 22.8 Å². The smallest absolute Gasteiger partial charge is 0.298 e. The summed E-state index contributed by atoms with van der Waals surface area (Å²) in [6.07, 6.45) is 3.22. The maximum Gasteiger partial charge on any atom is 0.298 e. The number of rotatable bonds is 3. The molecule has 2 atom stereocenters. The second-order valence-corrected chi connectivity index (χ2v) is 5.48. The van der Waals surface area contributed by atoms with E-state index in [4.69, 9.17) is 10.2 Å². The molecule has 3 rings (SSSR count). The summed E-state index contributed by atoms with van der Waals surface area (Å²) in [4.78, 5) is 16.9. The van der Waals surface area contributed by atoms with Crippen LogP contribution in [0.15, 0.2) is 22.6 Å². The largest absolute Gasteiger partial charge is 0.423 e. The van der Waals surface area contributed by atoms with Crippen LogP contribution in [-0.4, -0.2) is 28.5 Å². The van der Waals surface area contributed by atoms with Gasteiger partial charge in [-0.2, -0.15) is 4.98 Å². The number of oxazole rings is 1. The molecule has 0 saturated carbocycles. The zero-order valence-corrected chi connectivity index (χ0v) is 11.9. The Labute approximate surface area is 121 Å². The molecular formula is C14H18N4O3. The van der Waals surface area contributed by atoms with Crippen LogP contribution < -0.4 is 10.6 Å². The SMILES string of the molecule is CC1CCCC(CN)N1c1nc2cc([N+](=O)[O-])ccc2o1. The minimum absolute atomic E-state index is 0.0180. The first-order valence-electron chi connectivity index (χ1n) is 7.13. The first-order chi connectivity index (χ1) is 10.1. The molecule has 1 saturated heterocycles. The van der Waals surface area contributed by atoms with Crippen molar-refractivity contribution in [1.82, 2.24) is 4.98 Å². The van der Waals surface area contributed by atoms with Crippen LogP contribution in [0.1, 0.15) is 26.2 Å². The number of piperidine rings is 1. The van der Waals surface area contributed by atoms with Crippen LogP contribution in [0, 0.1) is 10.1 Å². The van der Waals surface area contributed by atoms with Crippen molar-refractivity contribution < 1.29 is 9.34 Å². The number of nitro benzene ring substituents is 1. The quantitative estimate of drug-likeness (QED) is 0.688. The predicted octanol–water partition coefficient (Wildman–Crippen LogP) is 2.44. The third-order valence-electron chi connectivity index (χ3n) is 4.09. The van der Waals surface area contributed by atoms with Gasteiger partial charge in [0.25, 0.3) is 11.7 Å². The zero-order chi connectivity index (χ0) is 15.0. The summed E-state index contributed by atoms with van der Waals surface area (Å²) in [5.41, 5.74) is 6.94. The molecule has 2 heterocycles. The van der Waals surface area contributed by atoms with Gasteiger partial charge < -0.3 is 15.1 Å². The molecule has 1 aromatic heterocycles. The van der Waals surface area contributed by atoms with Gasteiger partial charge in [0.15, 0.2) is 5.58 Å². The Hall–Kier alpha value is -2.15. The van der Waals surface area contributed by atoms with Gasteiger partial charge in [0, 0.05) is 30.8 Å². The molecule has 0 radical (unpaired) electrons. The Balaban J connectivity index is 2.01. The summed E-state index contributed by atoms with van der Waals surface area (Å²) >= 11 is 0. The number of anilines is 1. The van der Waals surface area contributed by atoms with Gasteiger partial charge in [0.05, 0.1) is 4.92 Å². The van der Waals surface area contributed by atoms with E-state index >= 15 is 0 Å². The molecule has 0 amide bonds. The van der Waals surface area contributed by atoms with Crippen LogP contribution in [0.2, 0.25) is 0 Å². The molecule has 1 fully saturated rings. The molecule has 21 heavy (non-hydrogen) atoms. The maximum atomic E-state index is 10.8. The van der Waals surface area contributed by atoms with Crippen molar-refractivity contribution in [2.24, 2.45) is 5.73 Å². The fourth-order valence-electron chi connectivity index (χ4n) is 2.99. The number of hydrogen-bond acceptors (Lipinski definition) is 6. The van der Waals surface area contributed by atoms with E-state index in [1.807, 2.05) is 0 Å². The summed E-state index contributed by atoms with van der Waals surface area (Å²) in [5.74, 6) is 0. The lowest BCUT2D eigenvalue weighted by Gasteiger charge is -2.39. The van der Waals surface area contributed by atoms with Gasteiger partial charge >= 0.3 is 0 Å². The van der Waals surface area contributed by atoms with Crippen LogP contribution in [-0.2, 0) is 0 Å². The van der Waals surface area contributed by atoms with Gasteiger partial charge in [-0.25, -0.2) is 0 Å². The monoisotopic (exact) mass is 290 g/mol. The number of benzene rings is 1. The van der Waals surface area contributed by atoms with Crippen molar-refractivity contribution in [2.75, 3.05) is 11.4 Å². The molecule has 1 aliphatic rings. The van der Waals surface area contributed by atoms with Crippen molar-refractivity contribution in [1.29, 1.82) is 0 Å². The minimum atomic E-state index is -0.431. The number of aromatic nitrogens is 1. The summed E-state index contributed by atoms with van der Waals surface area (Å²) in [7, 11) is 0.